The molecular formula is C14H13NO3. The third-order valence-corrected chi connectivity index (χ3v) is 2.66. The molecule has 0 fully saturated rings. The molecular weight excluding hydrogens is 230 g/mol. The summed E-state index contributed by atoms with van der Waals surface area (Å²) >= 11 is 0. The van der Waals surface area contributed by atoms with E-state index in [0.29, 0.717) is 11.1 Å². The van der Waals surface area contributed by atoms with Gasteiger partial charge in [0.05, 0.1) is 0 Å². The molecule has 0 saturated heterocycles. The van der Waals surface area contributed by atoms with E-state index >= 15 is 0 Å². The summed E-state index contributed by atoms with van der Waals surface area (Å²) < 4.78 is 0. The Morgan fingerprint density at radius 3 is 2.11 bits per heavy atom. The van der Waals surface area contributed by atoms with Gasteiger partial charge in [0, 0.05) is 17.3 Å². The molecule has 1 aromatic carbocycles. The highest BCUT2D eigenvalue weighted by Crippen LogP contribution is 2.15. The summed E-state index contributed by atoms with van der Waals surface area (Å²) in [5, 5.41) is 8.80. The van der Waals surface area contributed by atoms with Crippen LogP contribution in [-0.2, 0) is 0 Å². The fraction of sp³-hybridized carbons (Fsp3) is 0.143. The van der Waals surface area contributed by atoms with Crippen LogP contribution in [0.1, 0.15) is 37.5 Å². The molecule has 2 N–H and O–H groups in total. The van der Waals surface area contributed by atoms with Crippen molar-refractivity contribution in [3.8, 4) is 0 Å². The molecule has 0 aliphatic heterocycles. The number of hydrogen-bond donors (Lipinski definition) is 2. The third-order valence-electron chi connectivity index (χ3n) is 2.66. The van der Waals surface area contributed by atoms with Gasteiger partial charge in [0.25, 0.3) is 0 Å². The monoisotopic (exact) mass is 243 g/mol. The van der Waals surface area contributed by atoms with Crippen molar-refractivity contribution >= 4 is 11.8 Å². The summed E-state index contributed by atoms with van der Waals surface area (Å²) in [6.45, 7) is 3.84. The predicted molar refractivity (Wildman–Crippen MR) is 67.1 cm³/mol. The molecule has 0 saturated carbocycles. The number of aryl methyl sites for hydroxylation is 2. The van der Waals surface area contributed by atoms with Gasteiger partial charge in [-0.15, -0.1) is 0 Å². The van der Waals surface area contributed by atoms with E-state index in [4.69, 9.17) is 5.11 Å². The molecule has 0 aliphatic carbocycles. The van der Waals surface area contributed by atoms with Crippen molar-refractivity contribution < 1.29 is 14.7 Å². The van der Waals surface area contributed by atoms with Gasteiger partial charge in [0.1, 0.15) is 5.69 Å². The highest BCUT2D eigenvalue weighted by Gasteiger charge is 2.14. The van der Waals surface area contributed by atoms with Crippen LogP contribution >= 0.6 is 0 Å². The second-order valence-electron chi connectivity index (χ2n) is 4.31. The average molecular weight is 243 g/mol. The van der Waals surface area contributed by atoms with Crippen LogP contribution in [0.2, 0.25) is 0 Å². The normalized spacial score (nSPS) is 10.3. The Morgan fingerprint density at radius 1 is 1.00 bits per heavy atom. The van der Waals surface area contributed by atoms with Crippen molar-refractivity contribution in [1.29, 1.82) is 0 Å². The highest BCUT2D eigenvalue weighted by molar-refractivity contribution is 6.10. The molecule has 18 heavy (non-hydrogen) atoms. The summed E-state index contributed by atoms with van der Waals surface area (Å²) in [5.41, 5.74) is 2.96. The van der Waals surface area contributed by atoms with Crippen molar-refractivity contribution in [2.24, 2.45) is 0 Å². The average Bonchev–Trinajstić information content (AvgIpc) is 2.75. The first-order chi connectivity index (χ1) is 8.47. The maximum absolute atomic E-state index is 12.2. The van der Waals surface area contributed by atoms with Gasteiger partial charge in [0.15, 0.2) is 5.78 Å². The van der Waals surface area contributed by atoms with Crippen LogP contribution in [0.25, 0.3) is 0 Å². The molecule has 1 heterocycles. The molecule has 4 heteroatoms. The summed E-state index contributed by atoms with van der Waals surface area (Å²) in [6.07, 6.45) is 1.42. The van der Waals surface area contributed by atoms with E-state index in [1.165, 1.54) is 12.3 Å². The van der Waals surface area contributed by atoms with E-state index in [1.807, 2.05) is 19.9 Å². The number of hydrogen-bond acceptors (Lipinski definition) is 2. The van der Waals surface area contributed by atoms with Crippen molar-refractivity contribution in [2.75, 3.05) is 0 Å². The van der Waals surface area contributed by atoms with E-state index < -0.39 is 5.97 Å². The molecule has 0 atom stereocenters. The van der Waals surface area contributed by atoms with Gasteiger partial charge >= 0.3 is 5.97 Å². The van der Waals surface area contributed by atoms with Gasteiger partial charge in [0.2, 0.25) is 0 Å². The molecule has 0 amide bonds. The Balaban J connectivity index is 2.38. The van der Waals surface area contributed by atoms with Gasteiger partial charge in [-0.1, -0.05) is 17.2 Å². The Hall–Kier alpha value is -2.36. The number of carbonyl (C=O) groups is 2. The first kappa shape index (κ1) is 12.1. The fourth-order valence-electron chi connectivity index (χ4n) is 1.92. The van der Waals surface area contributed by atoms with Gasteiger partial charge in [-0.25, -0.2) is 4.79 Å². The fourth-order valence-corrected chi connectivity index (χ4v) is 1.92. The molecule has 0 spiro atoms. The van der Waals surface area contributed by atoms with Gasteiger partial charge in [-0.3, -0.25) is 4.79 Å². The minimum absolute atomic E-state index is 0.0164. The minimum Gasteiger partial charge on any atom is -0.477 e. The van der Waals surface area contributed by atoms with Crippen molar-refractivity contribution in [3.05, 3.63) is 58.4 Å². The number of aromatic carboxylic acids is 1. The number of H-pyrrole nitrogens is 1. The number of benzene rings is 1. The number of carboxylic acids is 1. The van der Waals surface area contributed by atoms with Crippen molar-refractivity contribution in [3.63, 3.8) is 0 Å². The summed E-state index contributed by atoms with van der Waals surface area (Å²) in [6, 6.07) is 6.92. The zero-order valence-corrected chi connectivity index (χ0v) is 10.2. The van der Waals surface area contributed by atoms with Crippen LogP contribution in [0.3, 0.4) is 0 Å². The van der Waals surface area contributed by atoms with E-state index in [1.54, 1.807) is 12.1 Å². The molecule has 92 valence electrons. The number of carbonyl (C=O) groups excluding carboxylic acids is 1. The molecule has 0 unspecified atom stereocenters. The van der Waals surface area contributed by atoms with Crippen LogP contribution < -0.4 is 0 Å². The zero-order valence-electron chi connectivity index (χ0n) is 10.2. The molecule has 4 nitrogen and oxygen atoms in total. The number of rotatable bonds is 3. The predicted octanol–water partition coefficient (Wildman–Crippen LogP) is 2.56. The Labute approximate surface area is 104 Å². The van der Waals surface area contributed by atoms with E-state index in [9.17, 15) is 9.59 Å². The highest BCUT2D eigenvalue weighted by atomic mass is 16.4. The largest absolute Gasteiger partial charge is 0.477 e. The lowest BCUT2D eigenvalue weighted by atomic mass is 10.0. The first-order valence-electron chi connectivity index (χ1n) is 5.52. The third kappa shape index (κ3) is 2.32. The van der Waals surface area contributed by atoms with Crippen LogP contribution in [0.5, 0.6) is 0 Å². The molecule has 0 aliphatic rings. The first-order valence-corrected chi connectivity index (χ1v) is 5.52. The van der Waals surface area contributed by atoms with Crippen molar-refractivity contribution in [1.82, 2.24) is 4.98 Å². The molecule has 0 radical (unpaired) electrons. The number of carboxylic acid groups (broad SMARTS) is 1. The zero-order chi connectivity index (χ0) is 13.3. The lowest BCUT2D eigenvalue weighted by Gasteiger charge is -2.02. The molecule has 1 aromatic heterocycles. The SMILES string of the molecule is Cc1cc(C)cc(C(=O)c2c[nH]c(C(=O)O)c2)c1. The van der Waals surface area contributed by atoms with Gasteiger partial charge in [-0.05, 0) is 32.0 Å². The Morgan fingerprint density at radius 2 is 1.61 bits per heavy atom. The standard InChI is InChI=1S/C14H13NO3/c1-8-3-9(2)5-10(4-8)13(16)11-6-12(14(17)18)15-7-11/h3-7,15H,1-2H3,(H,17,18). The van der Waals surface area contributed by atoms with E-state index in [0.717, 1.165) is 11.1 Å². The molecule has 2 aromatic rings. The molecule has 0 bridgehead atoms. The topological polar surface area (TPSA) is 70.2 Å². The van der Waals surface area contributed by atoms with Crippen LogP contribution in [0, 0.1) is 13.8 Å². The number of aromatic nitrogens is 1. The second kappa shape index (κ2) is 4.49. The summed E-state index contributed by atoms with van der Waals surface area (Å²) in [4.78, 5) is 25.5. The van der Waals surface area contributed by atoms with Crippen LogP contribution in [-0.4, -0.2) is 21.8 Å². The number of aromatic amines is 1. The summed E-state index contributed by atoms with van der Waals surface area (Å²) in [5.74, 6) is -1.25. The maximum Gasteiger partial charge on any atom is 0.352 e. The summed E-state index contributed by atoms with van der Waals surface area (Å²) in [7, 11) is 0. The minimum atomic E-state index is -1.07. The van der Waals surface area contributed by atoms with E-state index in [-0.39, 0.29) is 11.5 Å². The van der Waals surface area contributed by atoms with Gasteiger partial charge < -0.3 is 10.1 Å². The smallest absolute Gasteiger partial charge is 0.352 e. The lowest BCUT2D eigenvalue weighted by molar-refractivity contribution is 0.0691. The number of ketones is 1. The number of nitrogens with one attached hydrogen (secondary N) is 1. The maximum atomic E-state index is 12.2. The van der Waals surface area contributed by atoms with Crippen molar-refractivity contribution in [2.45, 2.75) is 13.8 Å². The second-order valence-corrected chi connectivity index (χ2v) is 4.31. The Bertz CT molecular complexity index is 605. The van der Waals surface area contributed by atoms with Crippen LogP contribution in [0.15, 0.2) is 30.5 Å². The van der Waals surface area contributed by atoms with Gasteiger partial charge in [-0.2, -0.15) is 0 Å². The quantitative estimate of drug-likeness (QED) is 0.814. The molecule has 2 rings (SSSR count). The Kier molecular flexibility index (Phi) is 3.02. The van der Waals surface area contributed by atoms with Crippen LogP contribution in [0.4, 0.5) is 0 Å². The lowest BCUT2D eigenvalue weighted by Crippen LogP contribution is -2.01. The van der Waals surface area contributed by atoms with E-state index in [2.05, 4.69) is 4.98 Å².